The lowest BCUT2D eigenvalue weighted by Crippen LogP contribution is -2.25. The molecule has 1 aliphatic rings. The first-order valence-corrected chi connectivity index (χ1v) is 15.2. The summed E-state index contributed by atoms with van der Waals surface area (Å²) in [7, 11) is 0. The summed E-state index contributed by atoms with van der Waals surface area (Å²) in [6, 6.07) is 20.8. The number of hydrogen-bond acceptors (Lipinski definition) is 4. The monoisotopic (exact) mass is 546 g/mol. The molecule has 0 saturated heterocycles. The molecule has 2 aromatic heterocycles. The number of fused-ring (bicyclic) bond motifs is 3. The van der Waals surface area contributed by atoms with Crippen LogP contribution in [0.15, 0.2) is 60.7 Å². The zero-order valence-electron chi connectivity index (χ0n) is 22.3. The molecule has 0 fully saturated rings. The fourth-order valence-corrected chi connectivity index (χ4v) is 6.86. The van der Waals surface area contributed by atoms with Gasteiger partial charge in [-0.3, -0.25) is 9.59 Å². The van der Waals surface area contributed by atoms with Gasteiger partial charge in [0.25, 0.3) is 0 Å². The predicted octanol–water partition coefficient (Wildman–Crippen LogP) is 8.88. The van der Waals surface area contributed by atoms with E-state index in [2.05, 4.69) is 73.9 Å². The summed E-state index contributed by atoms with van der Waals surface area (Å²) < 4.78 is 0. The minimum Gasteiger partial charge on any atom is -0.297 e. The Morgan fingerprint density at radius 3 is 1.49 bits per heavy atom. The number of carbonyl (C=O) groups excluding carboxylic acids is 2. The molecule has 2 heterocycles. The molecule has 39 heavy (non-hydrogen) atoms. The molecule has 0 bridgehead atoms. The maximum absolute atomic E-state index is 11.1. The van der Waals surface area contributed by atoms with Crippen molar-refractivity contribution in [3.63, 3.8) is 0 Å². The van der Waals surface area contributed by atoms with Crippen molar-refractivity contribution in [2.24, 2.45) is 0 Å². The van der Waals surface area contributed by atoms with Crippen LogP contribution in [-0.4, -0.2) is 12.6 Å². The van der Waals surface area contributed by atoms with Gasteiger partial charge in [-0.05, 0) is 83.6 Å². The van der Waals surface area contributed by atoms with Gasteiger partial charge in [0.15, 0.2) is 12.6 Å². The lowest BCUT2D eigenvalue weighted by Gasteiger charge is -2.33. The van der Waals surface area contributed by atoms with Crippen molar-refractivity contribution in [3.8, 4) is 34.8 Å². The van der Waals surface area contributed by atoms with Crippen molar-refractivity contribution in [1.82, 2.24) is 0 Å². The van der Waals surface area contributed by atoms with Crippen molar-refractivity contribution in [3.05, 3.63) is 102 Å². The zero-order valence-corrected chi connectivity index (χ0v) is 23.9. The molecule has 0 amide bonds. The highest BCUT2D eigenvalue weighted by Gasteiger charge is 2.42. The van der Waals surface area contributed by atoms with Gasteiger partial charge in [0.05, 0.1) is 19.5 Å². The number of rotatable bonds is 8. The maximum atomic E-state index is 11.1. The molecule has 4 aromatic rings. The van der Waals surface area contributed by atoms with E-state index in [4.69, 9.17) is 0 Å². The van der Waals surface area contributed by atoms with E-state index in [0.29, 0.717) is 9.75 Å². The number of carbonyl (C=O) groups is 2. The van der Waals surface area contributed by atoms with Crippen LogP contribution in [0.3, 0.4) is 0 Å². The average molecular weight is 547 g/mol. The molecule has 2 aromatic carbocycles. The molecule has 0 aliphatic heterocycles. The summed E-state index contributed by atoms with van der Waals surface area (Å²) in [6.07, 6.45) is 8.54. The molecular formula is C35H30O2S2. The second kappa shape index (κ2) is 12.0. The highest BCUT2D eigenvalue weighted by molar-refractivity contribution is 7.14. The fraction of sp³-hybridized carbons (Fsp3) is 0.257. The molecule has 5 rings (SSSR count). The first kappa shape index (κ1) is 26.9. The Morgan fingerprint density at radius 2 is 1.10 bits per heavy atom. The van der Waals surface area contributed by atoms with E-state index in [9.17, 15) is 9.59 Å². The molecule has 0 radical (unpaired) electrons. The average Bonchev–Trinajstić information content (AvgIpc) is 3.70. The molecule has 0 atom stereocenters. The fourth-order valence-electron chi connectivity index (χ4n) is 5.51. The van der Waals surface area contributed by atoms with E-state index >= 15 is 0 Å². The molecule has 4 heteroatoms. The van der Waals surface area contributed by atoms with Crippen molar-refractivity contribution >= 4 is 35.2 Å². The van der Waals surface area contributed by atoms with E-state index < -0.39 is 0 Å². The summed E-state index contributed by atoms with van der Waals surface area (Å²) in [5.41, 5.74) is 7.31. The van der Waals surface area contributed by atoms with Crippen molar-refractivity contribution in [1.29, 1.82) is 0 Å². The first-order valence-electron chi connectivity index (χ1n) is 13.5. The van der Waals surface area contributed by atoms with Crippen LogP contribution in [0.4, 0.5) is 0 Å². The lowest BCUT2D eigenvalue weighted by atomic mass is 9.70. The van der Waals surface area contributed by atoms with E-state index in [1.165, 1.54) is 44.9 Å². The largest absolute Gasteiger partial charge is 0.297 e. The molecular weight excluding hydrogens is 517 g/mol. The third kappa shape index (κ3) is 5.55. The van der Waals surface area contributed by atoms with Crippen LogP contribution in [0.5, 0.6) is 0 Å². The third-order valence-electron chi connectivity index (χ3n) is 7.42. The molecule has 0 unspecified atom stereocenters. The van der Waals surface area contributed by atoms with E-state index in [1.54, 1.807) is 0 Å². The van der Waals surface area contributed by atoms with Crippen LogP contribution in [0, 0.1) is 23.7 Å². The maximum Gasteiger partial charge on any atom is 0.160 e. The van der Waals surface area contributed by atoms with Gasteiger partial charge in [0.2, 0.25) is 0 Å². The van der Waals surface area contributed by atoms with Gasteiger partial charge in [-0.1, -0.05) is 75.3 Å². The van der Waals surface area contributed by atoms with Gasteiger partial charge >= 0.3 is 0 Å². The van der Waals surface area contributed by atoms with Gasteiger partial charge in [0, 0.05) is 16.5 Å². The second-order valence-electron chi connectivity index (χ2n) is 9.95. The van der Waals surface area contributed by atoms with Gasteiger partial charge in [-0.2, -0.15) is 0 Å². The molecule has 2 nitrogen and oxygen atoms in total. The van der Waals surface area contributed by atoms with Crippen LogP contribution in [0.2, 0.25) is 0 Å². The van der Waals surface area contributed by atoms with Crippen molar-refractivity contribution < 1.29 is 9.59 Å². The predicted molar refractivity (Wildman–Crippen MR) is 163 cm³/mol. The highest BCUT2D eigenvalue weighted by Crippen LogP contribution is 2.54. The molecule has 0 spiro atoms. The smallest absolute Gasteiger partial charge is 0.160 e. The van der Waals surface area contributed by atoms with Crippen LogP contribution < -0.4 is 0 Å². The second-order valence-corrected chi connectivity index (χ2v) is 12.2. The van der Waals surface area contributed by atoms with Crippen LogP contribution in [0.25, 0.3) is 11.1 Å². The SMILES string of the molecule is CCCCC1(CCCC)c2cc(C#Cc3ccc(C=O)s3)ccc2-c2ccc(C#Cc3ccc(C=O)s3)cc21. The number of hydrogen-bond donors (Lipinski definition) is 0. The lowest BCUT2D eigenvalue weighted by molar-refractivity contribution is 0.111. The van der Waals surface area contributed by atoms with Gasteiger partial charge in [0.1, 0.15) is 0 Å². The number of thiophene rings is 2. The molecule has 0 saturated carbocycles. The number of unbranched alkanes of at least 4 members (excludes halogenated alkanes) is 2. The minimum absolute atomic E-state index is 0.0622. The van der Waals surface area contributed by atoms with E-state index in [-0.39, 0.29) is 5.41 Å². The van der Waals surface area contributed by atoms with Crippen molar-refractivity contribution in [2.45, 2.75) is 57.8 Å². The molecule has 0 N–H and O–H groups in total. The van der Waals surface area contributed by atoms with Gasteiger partial charge in [-0.15, -0.1) is 22.7 Å². The molecule has 1 aliphatic carbocycles. The number of aldehydes is 2. The summed E-state index contributed by atoms with van der Waals surface area (Å²) in [4.78, 5) is 25.3. The summed E-state index contributed by atoms with van der Waals surface area (Å²) >= 11 is 2.85. The minimum atomic E-state index is -0.0622. The Kier molecular flexibility index (Phi) is 8.27. The topological polar surface area (TPSA) is 34.1 Å². The Bertz CT molecular complexity index is 1520. The van der Waals surface area contributed by atoms with E-state index in [1.807, 2.05) is 24.3 Å². The zero-order chi connectivity index (χ0) is 27.2. The normalized spacial score (nSPS) is 12.5. The Balaban J connectivity index is 1.58. The van der Waals surface area contributed by atoms with E-state index in [0.717, 1.165) is 72.0 Å². The Hall–Kier alpha value is -3.70. The highest BCUT2D eigenvalue weighted by atomic mass is 32.1. The number of benzene rings is 2. The standard InChI is InChI=1S/C35H30O2S2/c1-3-5-19-35(20-6-4-2)33-21-25(7-11-27-13-15-29(23-36)38-27)9-17-31(33)32-18-10-26(22-34(32)35)8-12-28-14-16-30(24-37)39-28/h9-10,13-18,21-24H,3-6,19-20H2,1-2H3. The summed E-state index contributed by atoms with van der Waals surface area (Å²) in [6.45, 7) is 4.52. The Morgan fingerprint density at radius 1 is 0.641 bits per heavy atom. The first-order chi connectivity index (χ1) is 19.1. The quantitative estimate of drug-likeness (QED) is 0.163. The Labute approximate surface area is 239 Å². The van der Waals surface area contributed by atoms with Gasteiger partial charge < -0.3 is 0 Å². The summed E-state index contributed by atoms with van der Waals surface area (Å²) in [5, 5.41) is 0. The molecule has 194 valence electrons. The van der Waals surface area contributed by atoms with Crippen molar-refractivity contribution in [2.75, 3.05) is 0 Å². The third-order valence-corrected chi connectivity index (χ3v) is 9.27. The van der Waals surface area contributed by atoms with Gasteiger partial charge in [-0.25, -0.2) is 0 Å². The van der Waals surface area contributed by atoms with Crippen LogP contribution >= 0.6 is 22.7 Å². The summed E-state index contributed by atoms with van der Waals surface area (Å²) in [5.74, 6) is 13.2. The van der Waals surface area contributed by atoms with Crippen LogP contribution in [-0.2, 0) is 5.41 Å². The van der Waals surface area contributed by atoms with Crippen LogP contribution in [0.1, 0.15) is 104 Å².